The van der Waals surface area contributed by atoms with Crippen LogP contribution in [0.25, 0.3) is 0 Å². The van der Waals surface area contributed by atoms with E-state index in [1.807, 2.05) is 0 Å². The van der Waals surface area contributed by atoms with Crippen molar-refractivity contribution in [3.05, 3.63) is 0 Å². The lowest BCUT2D eigenvalue weighted by Crippen LogP contribution is -2.55. The molecule has 1 atom stereocenters. The fraction of sp³-hybridized carbons (Fsp3) is 0.933. The van der Waals surface area contributed by atoms with Gasteiger partial charge in [0.1, 0.15) is 6.10 Å². The molecule has 0 radical (unpaired) electrons. The third-order valence-electron chi connectivity index (χ3n) is 4.89. The number of amides is 2. The molecule has 1 spiro atoms. The average molecular weight is 282 g/mol. The van der Waals surface area contributed by atoms with Gasteiger partial charge in [-0.25, -0.2) is 4.79 Å². The van der Waals surface area contributed by atoms with Crippen molar-refractivity contribution in [1.29, 1.82) is 0 Å². The molecular formula is C15H26N2O3. The molecule has 1 heterocycles. The van der Waals surface area contributed by atoms with Crippen LogP contribution in [-0.2, 0) is 9.47 Å². The standard InChI is InChI=1S/C15H26N2O3/c1-14(6-5-7-14)17-13(18)16-10-12-11-19-15(20-12)8-3-2-4-9-15/h12H,2-11H2,1H3,(H2,16,17,18). The Hall–Kier alpha value is -0.810. The quantitative estimate of drug-likeness (QED) is 0.835. The topological polar surface area (TPSA) is 59.6 Å². The van der Waals surface area contributed by atoms with Crippen LogP contribution in [-0.4, -0.2) is 36.6 Å². The van der Waals surface area contributed by atoms with E-state index < -0.39 is 0 Å². The van der Waals surface area contributed by atoms with Gasteiger partial charge < -0.3 is 20.1 Å². The Kier molecular flexibility index (Phi) is 3.91. The molecule has 2 N–H and O–H groups in total. The maximum absolute atomic E-state index is 11.9. The van der Waals surface area contributed by atoms with Crippen LogP contribution in [0.1, 0.15) is 58.3 Å². The van der Waals surface area contributed by atoms with E-state index in [9.17, 15) is 4.79 Å². The summed E-state index contributed by atoms with van der Waals surface area (Å²) in [5.74, 6) is -0.346. The highest BCUT2D eigenvalue weighted by atomic mass is 16.7. The third kappa shape index (κ3) is 3.09. The molecule has 1 saturated heterocycles. The van der Waals surface area contributed by atoms with Gasteiger partial charge in [0, 0.05) is 24.9 Å². The summed E-state index contributed by atoms with van der Waals surface area (Å²) in [5, 5.41) is 5.96. The zero-order valence-electron chi connectivity index (χ0n) is 12.4. The molecule has 114 valence electrons. The van der Waals surface area contributed by atoms with Crippen molar-refractivity contribution in [2.45, 2.75) is 75.7 Å². The normalized spacial score (nSPS) is 30.8. The summed E-state index contributed by atoms with van der Waals surface area (Å²) in [6, 6.07) is -0.0830. The summed E-state index contributed by atoms with van der Waals surface area (Å²) in [4.78, 5) is 11.9. The van der Waals surface area contributed by atoms with Crippen LogP contribution in [0, 0.1) is 0 Å². The van der Waals surface area contributed by atoms with Crippen molar-refractivity contribution in [2.75, 3.05) is 13.2 Å². The largest absolute Gasteiger partial charge is 0.347 e. The first-order chi connectivity index (χ1) is 9.59. The molecule has 2 saturated carbocycles. The predicted molar refractivity (Wildman–Crippen MR) is 75.4 cm³/mol. The molecule has 5 heteroatoms. The van der Waals surface area contributed by atoms with E-state index >= 15 is 0 Å². The summed E-state index contributed by atoms with van der Waals surface area (Å²) in [5.41, 5.74) is 0.00170. The lowest BCUT2D eigenvalue weighted by atomic mass is 9.79. The number of hydrogen-bond donors (Lipinski definition) is 2. The fourth-order valence-electron chi connectivity index (χ4n) is 3.43. The van der Waals surface area contributed by atoms with Crippen molar-refractivity contribution in [2.24, 2.45) is 0 Å². The summed E-state index contributed by atoms with van der Waals surface area (Å²) in [6.07, 6.45) is 8.98. The molecule has 2 amide bonds. The SMILES string of the molecule is CC1(NC(=O)NCC2COC3(CCCCC3)O2)CCC1. The van der Waals surface area contributed by atoms with E-state index in [1.54, 1.807) is 0 Å². The Balaban J connectivity index is 1.39. The maximum atomic E-state index is 11.9. The first-order valence-electron chi connectivity index (χ1n) is 7.97. The number of carbonyl (C=O) groups excluding carboxylic acids is 1. The minimum absolute atomic E-state index is 0.00170. The van der Waals surface area contributed by atoms with Gasteiger partial charge in [0.25, 0.3) is 0 Å². The van der Waals surface area contributed by atoms with Gasteiger partial charge in [-0.3, -0.25) is 0 Å². The zero-order chi connectivity index (χ0) is 14.1. The number of rotatable bonds is 3. The Labute approximate surface area is 120 Å². The van der Waals surface area contributed by atoms with Crippen LogP contribution < -0.4 is 10.6 Å². The molecule has 0 bridgehead atoms. The minimum Gasteiger partial charge on any atom is -0.347 e. The molecule has 5 nitrogen and oxygen atoms in total. The highest BCUT2D eigenvalue weighted by Crippen LogP contribution is 2.37. The van der Waals surface area contributed by atoms with Gasteiger partial charge in [-0.1, -0.05) is 6.42 Å². The summed E-state index contributed by atoms with van der Waals surface area (Å²) in [6.45, 7) is 3.23. The summed E-state index contributed by atoms with van der Waals surface area (Å²) in [7, 11) is 0. The van der Waals surface area contributed by atoms with Crippen molar-refractivity contribution < 1.29 is 14.3 Å². The van der Waals surface area contributed by atoms with E-state index in [0.717, 1.165) is 25.7 Å². The smallest absolute Gasteiger partial charge is 0.315 e. The van der Waals surface area contributed by atoms with Crippen molar-refractivity contribution >= 4 is 6.03 Å². The second-order valence-corrected chi connectivity index (χ2v) is 6.77. The average Bonchev–Trinajstić information content (AvgIpc) is 2.78. The second kappa shape index (κ2) is 5.53. The van der Waals surface area contributed by atoms with Gasteiger partial charge in [0.15, 0.2) is 5.79 Å². The van der Waals surface area contributed by atoms with E-state index in [0.29, 0.717) is 13.2 Å². The van der Waals surface area contributed by atoms with Crippen molar-refractivity contribution in [3.8, 4) is 0 Å². The van der Waals surface area contributed by atoms with Crippen LogP contribution in [0.3, 0.4) is 0 Å². The van der Waals surface area contributed by atoms with E-state index in [4.69, 9.17) is 9.47 Å². The van der Waals surface area contributed by atoms with Gasteiger partial charge in [-0.2, -0.15) is 0 Å². The molecule has 20 heavy (non-hydrogen) atoms. The number of nitrogens with one attached hydrogen (secondary N) is 2. The molecule has 3 fully saturated rings. The molecule has 3 rings (SSSR count). The molecule has 0 aromatic rings. The van der Waals surface area contributed by atoms with E-state index in [-0.39, 0.29) is 23.5 Å². The zero-order valence-corrected chi connectivity index (χ0v) is 12.4. The van der Waals surface area contributed by atoms with Gasteiger partial charge >= 0.3 is 6.03 Å². The first kappa shape index (κ1) is 14.1. The van der Waals surface area contributed by atoms with Crippen LogP contribution in [0.2, 0.25) is 0 Å². The maximum Gasteiger partial charge on any atom is 0.315 e. The molecule has 1 aliphatic heterocycles. The van der Waals surface area contributed by atoms with Crippen LogP contribution in [0.15, 0.2) is 0 Å². The first-order valence-corrected chi connectivity index (χ1v) is 7.97. The number of hydrogen-bond acceptors (Lipinski definition) is 3. The van der Waals surface area contributed by atoms with Crippen molar-refractivity contribution in [3.63, 3.8) is 0 Å². The molecular weight excluding hydrogens is 256 g/mol. The van der Waals surface area contributed by atoms with Gasteiger partial charge in [0.2, 0.25) is 0 Å². The van der Waals surface area contributed by atoms with Gasteiger partial charge in [-0.15, -0.1) is 0 Å². The van der Waals surface area contributed by atoms with Crippen LogP contribution in [0.5, 0.6) is 0 Å². The summed E-state index contributed by atoms with van der Waals surface area (Å²) < 4.78 is 11.9. The van der Waals surface area contributed by atoms with Gasteiger partial charge in [0.05, 0.1) is 6.61 Å². The monoisotopic (exact) mass is 282 g/mol. The molecule has 2 aliphatic carbocycles. The van der Waals surface area contributed by atoms with Crippen LogP contribution >= 0.6 is 0 Å². The molecule has 3 aliphatic rings. The third-order valence-corrected chi connectivity index (χ3v) is 4.89. The number of urea groups is 1. The lowest BCUT2D eigenvalue weighted by molar-refractivity contribution is -0.186. The Morgan fingerprint density at radius 1 is 1.15 bits per heavy atom. The number of ether oxygens (including phenoxy) is 2. The Morgan fingerprint density at radius 3 is 2.55 bits per heavy atom. The predicted octanol–water partition coefficient (Wildman–Crippen LogP) is 2.30. The van der Waals surface area contributed by atoms with Gasteiger partial charge in [-0.05, 0) is 39.0 Å². The fourth-order valence-corrected chi connectivity index (χ4v) is 3.43. The van der Waals surface area contributed by atoms with Crippen LogP contribution in [0.4, 0.5) is 4.79 Å². The Morgan fingerprint density at radius 2 is 1.90 bits per heavy atom. The highest BCUT2D eigenvalue weighted by molar-refractivity contribution is 5.74. The second-order valence-electron chi connectivity index (χ2n) is 6.77. The van der Waals surface area contributed by atoms with E-state index in [2.05, 4.69) is 17.6 Å². The lowest BCUT2D eigenvalue weighted by Gasteiger charge is -2.39. The molecule has 0 aromatic heterocycles. The van der Waals surface area contributed by atoms with E-state index in [1.165, 1.54) is 25.7 Å². The van der Waals surface area contributed by atoms with Crippen molar-refractivity contribution in [1.82, 2.24) is 10.6 Å². The summed E-state index contributed by atoms with van der Waals surface area (Å²) >= 11 is 0. The Bertz CT molecular complexity index is 362. The molecule has 1 unspecified atom stereocenters. The minimum atomic E-state index is -0.346. The number of carbonyl (C=O) groups is 1. The highest BCUT2D eigenvalue weighted by Gasteiger charge is 2.42. The molecule has 0 aromatic carbocycles.